The van der Waals surface area contributed by atoms with Crippen molar-refractivity contribution in [2.75, 3.05) is 13.7 Å². The van der Waals surface area contributed by atoms with Gasteiger partial charge in [-0.05, 0) is 57.2 Å². The normalized spacial score (nSPS) is 15.5. The molecule has 0 saturated heterocycles. The maximum absolute atomic E-state index is 6.40. The second-order valence-electron chi connectivity index (χ2n) is 7.60. The first-order chi connectivity index (χ1) is 14.5. The lowest BCUT2D eigenvalue weighted by Gasteiger charge is -2.24. The molecule has 2 aromatic heterocycles. The molecular weight excluding hydrogens is 380 g/mol. The molecule has 1 saturated carbocycles. The van der Waals surface area contributed by atoms with Gasteiger partial charge in [-0.15, -0.1) is 0 Å². The van der Waals surface area contributed by atoms with Crippen molar-refractivity contribution in [1.29, 1.82) is 0 Å². The third-order valence-electron chi connectivity index (χ3n) is 5.29. The van der Waals surface area contributed by atoms with Crippen molar-refractivity contribution >= 4 is 5.70 Å². The summed E-state index contributed by atoms with van der Waals surface area (Å²) < 4.78 is 11.9. The molecule has 2 aromatic rings. The van der Waals surface area contributed by atoms with Gasteiger partial charge in [0.1, 0.15) is 12.4 Å². The molecule has 1 fully saturated rings. The molecular formula is C22H32N6O2. The van der Waals surface area contributed by atoms with Crippen LogP contribution in [0.25, 0.3) is 5.70 Å². The molecule has 8 heteroatoms. The number of nitrogens with two attached hydrogens (primary N) is 2. The molecule has 2 heterocycles. The standard InChI is InChI=1S/C22H32N6O2/c1-4-16-12-13-25-22(27-16)29-14-19(28(3)24)21(23)18-10-11-20(15(2)26-18)30-17-8-6-5-7-9-17/h10-13,17H,4-9,14,23-24H2,1-3H3/b21-19-. The number of pyridine rings is 1. The molecule has 0 aliphatic heterocycles. The Hall–Kier alpha value is -2.87. The number of rotatable bonds is 8. The molecule has 1 aliphatic carbocycles. The Balaban J connectivity index is 1.75. The van der Waals surface area contributed by atoms with Crippen LogP contribution >= 0.6 is 0 Å². The van der Waals surface area contributed by atoms with Crippen molar-refractivity contribution in [2.45, 2.75) is 58.5 Å². The van der Waals surface area contributed by atoms with Crippen molar-refractivity contribution in [3.8, 4) is 11.8 Å². The van der Waals surface area contributed by atoms with Crippen LogP contribution in [0.3, 0.4) is 0 Å². The van der Waals surface area contributed by atoms with Gasteiger partial charge < -0.3 is 20.2 Å². The third kappa shape index (κ3) is 5.60. The number of aryl methyl sites for hydroxylation is 2. The molecule has 0 radical (unpaired) electrons. The number of likely N-dealkylation sites (N-methyl/N-ethyl adjacent to an activating group) is 1. The van der Waals surface area contributed by atoms with Crippen molar-refractivity contribution in [3.63, 3.8) is 0 Å². The molecule has 8 nitrogen and oxygen atoms in total. The van der Waals surface area contributed by atoms with Crippen LogP contribution in [0.15, 0.2) is 30.1 Å². The van der Waals surface area contributed by atoms with Crippen LogP contribution in [0.2, 0.25) is 0 Å². The molecule has 0 bridgehead atoms. The van der Waals surface area contributed by atoms with Gasteiger partial charge in [0.25, 0.3) is 0 Å². The zero-order chi connectivity index (χ0) is 21.5. The first-order valence-corrected chi connectivity index (χ1v) is 10.5. The summed E-state index contributed by atoms with van der Waals surface area (Å²) in [5.74, 6) is 6.82. The van der Waals surface area contributed by atoms with E-state index in [1.54, 1.807) is 13.2 Å². The fourth-order valence-corrected chi connectivity index (χ4v) is 3.48. The van der Waals surface area contributed by atoms with Crippen LogP contribution < -0.4 is 21.1 Å². The molecule has 0 aromatic carbocycles. The lowest BCUT2D eigenvalue weighted by atomic mass is 9.98. The predicted molar refractivity (Wildman–Crippen MR) is 116 cm³/mol. The van der Waals surface area contributed by atoms with E-state index in [4.69, 9.17) is 21.1 Å². The topological polar surface area (TPSA) is 112 Å². The highest BCUT2D eigenvalue weighted by Crippen LogP contribution is 2.26. The maximum atomic E-state index is 6.40. The van der Waals surface area contributed by atoms with Crippen molar-refractivity contribution in [1.82, 2.24) is 20.0 Å². The molecule has 0 atom stereocenters. The maximum Gasteiger partial charge on any atom is 0.316 e. The number of ether oxygens (including phenoxy) is 2. The Morgan fingerprint density at radius 2 is 1.93 bits per heavy atom. The summed E-state index contributed by atoms with van der Waals surface area (Å²) in [6.45, 7) is 4.09. The van der Waals surface area contributed by atoms with E-state index < -0.39 is 0 Å². The quantitative estimate of drug-likeness (QED) is 0.503. The lowest BCUT2D eigenvalue weighted by Crippen LogP contribution is -2.31. The Labute approximate surface area is 178 Å². The van der Waals surface area contributed by atoms with Gasteiger partial charge in [-0.1, -0.05) is 13.3 Å². The summed E-state index contributed by atoms with van der Waals surface area (Å²) in [6, 6.07) is 5.94. The molecule has 0 spiro atoms. The second-order valence-corrected chi connectivity index (χ2v) is 7.60. The first-order valence-electron chi connectivity index (χ1n) is 10.5. The van der Waals surface area contributed by atoms with Gasteiger partial charge in [-0.2, -0.15) is 0 Å². The van der Waals surface area contributed by atoms with Crippen LogP contribution in [0.5, 0.6) is 11.8 Å². The lowest BCUT2D eigenvalue weighted by molar-refractivity contribution is 0.153. The minimum atomic E-state index is 0.132. The summed E-state index contributed by atoms with van der Waals surface area (Å²) >= 11 is 0. The van der Waals surface area contributed by atoms with Crippen molar-refractivity contribution < 1.29 is 9.47 Å². The third-order valence-corrected chi connectivity index (χ3v) is 5.29. The second kappa shape index (κ2) is 10.2. The predicted octanol–water partition coefficient (Wildman–Crippen LogP) is 2.97. The van der Waals surface area contributed by atoms with Gasteiger partial charge in [-0.3, -0.25) is 0 Å². The number of hydrazine groups is 1. The largest absolute Gasteiger partial charge is 0.489 e. The van der Waals surface area contributed by atoms with Crippen LogP contribution in [0.4, 0.5) is 0 Å². The highest BCUT2D eigenvalue weighted by Gasteiger charge is 2.18. The Kier molecular flexibility index (Phi) is 7.46. The van der Waals surface area contributed by atoms with Crippen LogP contribution in [0.1, 0.15) is 56.1 Å². The molecule has 162 valence electrons. The van der Waals surface area contributed by atoms with Crippen molar-refractivity contribution in [3.05, 3.63) is 47.2 Å². The SMILES string of the molecule is CCc1ccnc(OC/C(=C(/N)c2ccc(OC3CCCCC3)c(C)n2)N(C)N)n1. The van der Waals surface area contributed by atoms with E-state index in [0.29, 0.717) is 23.1 Å². The van der Waals surface area contributed by atoms with Gasteiger partial charge in [0.15, 0.2) is 0 Å². The summed E-state index contributed by atoms with van der Waals surface area (Å²) in [7, 11) is 1.71. The van der Waals surface area contributed by atoms with E-state index in [1.807, 2.05) is 32.0 Å². The molecule has 1 aliphatic rings. The van der Waals surface area contributed by atoms with E-state index in [-0.39, 0.29) is 12.7 Å². The van der Waals surface area contributed by atoms with Crippen LogP contribution in [-0.2, 0) is 6.42 Å². The molecule has 4 N–H and O–H groups in total. The minimum absolute atomic E-state index is 0.132. The number of aromatic nitrogens is 3. The summed E-state index contributed by atoms with van der Waals surface area (Å²) in [6.07, 6.45) is 8.70. The average molecular weight is 413 g/mol. The van der Waals surface area contributed by atoms with Gasteiger partial charge in [0.2, 0.25) is 0 Å². The van der Waals surface area contributed by atoms with E-state index >= 15 is 0 Å². The molecule has 30 heavy (non-hydrogen) atoms. The van der Waals surface area contributed by atoms with Crippen LogP contribution in [0, 0.1) is 6.92 Å². The van der Waals surface area contributed by atoms with E-state index in [9.17, 15) is 0 Å². The highest BCUT2D eigenvalue weighted by atomic mass is 16.5. The number of hydrogen-bond donors (Lipinski definition) is 2. The molecule has 3 rings (SSSR count). The fourth-order valence-electron chi connectivity index (χ4n) is 3.48. The average Bonchev–Trinajstić information content (AvgIpc) is 2.76. The Morgan fingerprint density at radius 1 is 1.17 bits per heavy atom. The van der Waals surface area contributed by atoms with E-state index in [2.05, 4.69) is 15.0 Å². The minimum Gasteiger partial charge on any atom is -0.489 e. The summed E-state index contributed by atoms with van der Waals surface area (Å²) in [4.78, 5) is 13.1. The Morgan fingerprint density at radius 3 is 2.60 bits per heavy atom. The summed E-state index contributed by atoms with van der Waals surface area (Å²) in [5.41, 5.74) is 9.77. The smallest absolute Gasteiger partial charge is 0.316 e. The zero-order valence-corrected chi connectivity index (χ0v) is 18.1. The van der Waals surface area contributed by atoms with E-state index in [0.717, 1.165) is 36.4 Å². The monoisotopic (exact) mass is 412 g/mol. The molecule has 0 amide bonds. The van der Waals surface area contributed by atoms with E-state index in [1.165, 1.54) is 24.3 Å². The van der Waals surface area contributed by atoms with Gasteiger partial charge >= 0.3 is 6.01 Å². The molecule has 0 unspecified atom stereocenters. The fraction of sp³-hybridized carbons (Fsp3) is 0.500. The van der Waals surface area contributed by atoms with Crippen molar-refractivity contribution in [2.24, 2.45) is 11.6 Å². The highest BCUT2D eigenvalue weighted by molar-refractivity contribution is 5.63. The van der Waals surface area contributed by atoms with Gasteiger partial charge in [-0.25, -0.2) is 20.8 Å². The first kappa shape index (κ1) is 21.8. The number of nitrogens with zero attached hydrogens (tertiary/aromatic N) is 4. The zero-order valence-electron chi connectivity index (χ0n) is 18.1. The number of hydrogen-bond acceptors (Lipinski definition) is 8. The van der Waals surface area contributed by atoms with Gasteiger partial charge in [0, 0.05) is 18.9 Å². The van der Waals surface area contributed by atoms with Gasteiger partial charge in [0.05, 0.1) is 28.9 Å². The van der Waals surface area contributed by atoms with Crippen LogP contribution in [-0.4, -0.2) is 39.7 Å². The Bertz CT molecular complexity index is 878. The summed E-state index contributed by atoms with van der Waals surface area (Å²) in [5, 5.41) is 1.43.